The summed E-state index contributed by atoms with van der Waals surface area (Å²) in [5, 5.41) is 14.0. The summed E-state index contributed by atoms with van der Waals surface area (Å²) in [6.45, 7) is 3.61. The normalized spacial score (nSPS) is 11.9. The molecule has 1 unspecified atom stereocenters. The number of halogens is 1. The fourth-order valence-corrected chi connectivity index (χ4v) is 2.92. The van der Waals surface area contributed by atoms with Gasteiger partial charge in [-0.15, -0.1) is 24.0 Å². The van der Waals surface area contributed by atoms with Crippen molar-refractivity contribution in [3.8, 4) is 17.2 Å². The van der Waals surface area contributed by atoms with Crippen molar-refractivity contribution in [3.05, 3.63) is 53.6 Å². The van der Waals surface area contributed by atoms with Gasteiger partial charge in [-0.2, -0.15) is 0 Å². The molecule has 0 aliphatic heterocycles. The maximum atomic E-state index is 10.7. The van der Waals surface area contributed by atoms with Crippen LogP contribution in [0.1, 0.15) is 24.2 Å². The minimum Gasteiger partial charge on any atom is -0.497 e. The predicted molar refractivity (Wildman–Crippen MR) is 130 cm³/mol. The zero-order valence-electron chi connectivity index (χ0n) is 18.2. The van der Waals surface area contributed by atoms with Gasteiger partial charge >= 0.3 is 0 Å². The van der Waals surface area contributed by atoms with Crippen molar-refractivity contribution in [2.75, 3.05) is 41.5 Å². The van der Waals surface area contributed by atoms with Crippen LogP contribution in [0, 0.1) is 0 Å². The molecule has 0 aliphatic rings. The van der Waals surface area contributed by atoms with Crippen LogP contribution in [0.2, 0.25) is 0 Å². The highest BCUT2D eigenvalue weighted by atomic mass is 127. The van der Waals surface area contributed by atoms with Crippen LogP contribution < -0.4 is 19.5 Å². The summed E-state index contributed by atoms with van der Waals surface area (Å²) in [4.78, 5) is 6.63. The minimum atomic E-state index is -0.817. The lowest BCUT2D eigenvalue weighted by Gasteiger charge is -2.23. The molecule has 2 aromatic carbocycles. The summed E-state index contributed by atoms with van der Waals surface area (Å²) in [6.07, 6.45) is -0.817. The molecule has 2 aromatic rings. The number of aliphatic imine (C=N–C) groups is 1. The molecule has 2 rings (SSSR count). The number of rotatable bonds is 9. The summed E-state index contributed by atoms with van der Waals surface area (Å²) in [6, 6.07) is 13.3. The Labute approximate surface area is 196 Å². The van der Waals surface area contributed by atoms with Crippen LogP contribution in [0.5, 0.6) is 17.2 Å². The van der Waals surface area contributed by atoms with Gasteiger partial charge in [0.05, 0.1) is 27.9 Å². The maximum absolute atomic E-state index is 10.7. The van der Waals surface area contributed by atoms with E-state index < -0.39 is 6.10 Å². The number of nitrogens with one attached hydrogen (secondary N) is 1. The summed E-state index contributed by atoms with van der Waals surface area (Å²) in [5.41, 5.74) is 1.78. The van der Waals surface area contributed by atoms with E-state index >= 15 is 0 Å². The number of aliphatic hydroxyl groups excluding tert-OH is 1. The largest absolute Gasteiger partial charge is 0.497 e. The van der Waals surface area contributed by atoms with Crippen LogP contribution in [0.4, 0.5) is 0 Å². The summed E-state index contributed by atoms with van der Waals surface area (Å²) in [7, 11) is 6.78. The molecular weight excluding hydrogens is 497 g/mol. The zero-order valence-corrected chi connectivity index (χ0v) is 20.5. The molecule has 0 bridgehead atoms. The first-order chi connectivity index (χ1) is 14.0. The Balaban J connectivity index is 0.00000450. The molecule has 0 saturated carbocycles. The number of nitrogens with zero attached hydrogens (tertiary/aromatic N) is 2. The molecule has 1 atom stereocenters. The molecule has 8 heteroatoms. The standard InChI is InChI=1S/C22H31N3O4.HI/c1-6-23-22(25(2)15-16-7-9-17(27-3)10-8-16)24-14-20(26)19-13-18(28-4)11-12-21(19)29-5;/h7-13,20,26H,6,14-15H2,1-5H3,(H,23,24);1H. The molecule has 30 heavy (non-hydrogen) atoms. The van der Waals surface area contributed by atoms with Crippen LogP contribution >= 0.6 is 24.0 Å². The molecule has 0 heterocycles. The quantitative estimate of drug-likeness (QED) is 0.295. The highest BCUT2D eigenvalue weighted by Gasteiger charge is 2.15. The van der Waals surface area contributed by atoms with Gasteiger partial charge in [-0.1, -0.05) is 12.1 Å². The number of benzene rings is 2. The van der Waals surface area contributed by atoms with Crippen molar-refractivity contribution in [1.82, 2.24) is 10.2 Å². The van der Waals surface area contributed by atoms with Gasteiger partial charge in [-0.05, 0) is 42.8 Å². The number of methoxy groups -OCH3 is 3. The third kappa shape index (κ3) is 7.24. The summed E-state index contributed by atoms with van der Waals surface area (Å²) >= 11 is 0. The van der Waals surface area contributed by atoms with E-state index in [9.17, 15) is 5.11 Å². The van der Waals surface area contributed by atoms with Crippen molar-refractivity contribution in [2.24, 2.45) is 4.99 Å². The molecule has 0 amide bonds. The second-order valence-corrected chi connectivity index (χ2v) is 6.52. The zero-order chi connectivity index (χ0) is 21.2. The van der Waals surface area contributed by atoms with Crippen molar-refractivity contribution in [2.45, 2.75) is 19.6 Å². The smallest absolute Gasteiger partial charge is 0.194 e. The first-order valence-electron chi connectivity index (χ1n) is 9.54. The fourth-order valence-electron chi connectivity index (χ4n) is 2.92. The average Bonchev–Trinajstić information content (AvgIpc) is 2.76. The second kappa shape index (κ2) is 13.2. The highest BCUT2D eigenvalue weighted by Crippen LogP contribution is 2.29. The lowest BCUT2D eigenvalue weighted by atomic mass is 10.1. The van der Waals surface area contributed by atoms with Gasteiger partial charge in [0.1, 0.15) is 23.4 Å². The van der Waals surface area contributed by atoms with Crippen molar-refractivity contribution < 1.29 is 19.3 Å². The Bertz CT molecular complexity index is 799. The van der Waals surface area contributed by atoms with Gasteiger partial charge in [-0.3, -0.25) is 4.99 Å². The van der Waals surface area contributed by atoms with E-state index in [0.29, 0.717) is 29.6 Å². The lowest BCUT2D eigenvalue weighted by molar-refractivity contribution is 0.181. The van der Waals surface area contributed by atoms with Gasteiger partial charge in [0.25, 0.3) is 0 Å². The molecule has 166 valence electrons. The van der Waals surface area contributed by atoms with Crippen molar-refractivity contribution >= 4 is 29.9 Å². The number of ether oxygens (including phenoxy) is 3. The fraction of sp³-hybridized carbons (Fsp3) is 0.409. The molecule has 7 nitrogen and oxygen atoms in total. The van der Waals surface area contributed by atoms with Crippen LogP contribution in [0.3, 0.4) is 0 Å². The van der Waals surface area contributed by atoms with Gasteiger partial charge in [0.15, 0.2) is 5.96 Å². The average molecular weight is 529 g/mol. The van der Waals surface area contributed by atoms with Gasteiger partial charge in [-0.25, -0.2) is 0 Å². The minimum absolute atomic E-state index is 0. The number of aliphatic hydroxyl groups is 1. The first-order valence-corrected chi connectivity index (χ1v) is 9.54. The van der Waals surface area contributed by atoms with Gasteiger partial charge in [0.2, 0.25) is 0 Å². The van der Waals surface area contributed by atoms with E-state index in [4.69, 9.17) is 14.2 Å². The van der Waals surface area contributed by atoms with E-state index in [0.717, 1.165) is 17.9 Å². The Morgan fingerprint density at radius 3 is 2.23 bits per heavy atom. The van der Waals surface area contributed by atoms with E-state index in [1.54, 1.807) is 39.5 Å². The maximum Gasteiger partial charge on any atom is 0.194 e. The number of hydrogen-bond acceptors (Lipinski definition) is 5. The lowest BCUT2D eigenvalue weighted by Crippen LogP contribution is -2.38. The van der Waals surface area contributed by atoms with E-state index in [1.807, 2.05) is 43.1 Å². The molecule has 0 aromatic heterocycles. The van der Waals surface area contributed by atoms with Crippen LogP contribution in [0.15, 0.2) is 47.5 Å². The Hall–Kier alpha value is -2.20. The third-order valence-electron chi connectivity index (χ3n) is 4.49. The molecule has 0 saturated heterocycles. The van der Waals surface area contributed by atoms with E-state index in [-0.39, 0.29) is 30.5 Å². The summed E-state index contributed by atoms with van der Waals surface area (Å²) < 4.78 is 15.8. The monoisotopic (exact) mass is 529 g/mol. The predicted octanol–water partition coefficient (Wildman–Crippen LogP) is 3.46. The third-order valence-corrected chi connectivity index (χ3v) is 4.49. The summed E-state index contributed by atoms with van der Waals surface area (Å²) in [5.74, 6) is 2.80. The van der Waals surface area contributed by atoms with Gasteiger partial charge in [0, 0.05) is 25.7 Å². The molecule has 0 radical (unpaired) electrons. The molecule has 0 aliphatic carbocycles. The topological polar surface area (TPSA) is 75.6 Å². The van der Waals surface area contributed by atoms with Crippen LogP contribution in [0.25, 0.3) is 0 Å². The Morgan fingerprint density at radius 2 is 1.67 bits per heavy atom. The Kier molecular flexibility index (Phi) is 11.3. The number of hydrogen-bond donors (Lipinski definition) is 2. The highest BCUT2D eigenvalue weighted by molar-refractivity contribution is 14.0. The number of guanidine groups is 1. The molecule has 0 spiro atoms. The SMILES string of the molecule is CCNC(=NCC(O)c1cc(OC)ccc1OC)N(C)Cc1ccc(OC)cc1.I. The first kappa shape index (κ1) is 25.8. The second-order valence-electron chi connectivity index (χ2n) is 6.52. The van der Waals surface area contributed by atoms with E-state index in [1.165, 1.54) is 0 Å². The van der Waals surface area contributed by atoms with Crippen molar-refractivity contribution in [1.29, 1.82) is 0 Å². The van der Waals surface area contributed by atoms with Crippen LogP contribution in [-0.4, -0.2) is 57.4 Å². The molecule has 0 fully saturated rings. The molecular formula is C22H32IN3O4. The van der Waals surface area contributed by atoms with Gasteiger partial charge < -0.3 is 29.5 Å². The van der Waals surface area contributed by atoms with Crippen LogP contribution in [-0.2, 0) is 6.54 Å². The van der Waals surface area contributed by atoms with E-state index in [2.05, 4.69) is 10.3 Å². The molecule has 2 N–H and O–H groups in total. The van der Waals surface area contributed by atoms with Crippen molar-refractivity contribution in [3.63, 3.8) is 0 Å². The Morgan fingerprint density at radius 1 is 1.03 bits per heavy atom.